The standard InChI is InChI=1S/C21H21ClN2O5/c1-14(16-4-2-6-19(12-16)24(27)28)29-21(26)17-5-3-11-23(13-17)20(25)15-7-9-18(22)10-8-15/h2,4,6-10,12,14,17H,3,5,11,13H2,1H3/t14-,17-/m1/s1. The predicted octanol–water partition coefficient (Wildman–Crippen LogP) is 4.40. The van der Waals surface area contributed by atoms with Crippen LogP contribution < -0.4 is 0 Å². The van der Waals surface area contributed by atoms with Gasteiger partial charge < -0.3 is 9.64 Å². The molecule has 1 heterocycles. The fraction of sp³-hybridized carbons (Fsp3) is 0.333. The van der Waals surface area contributed by atoms with E-state index in [9.17, 15) is 19.7 Å². The molecule has 0 bridgehead atoms. The van der Waals surface area contributed by atoms with Gasteiger partial charge in [-0.3, -0.25) is 19.7 Å². The normalized spacial score (nSPS) is 17.4. The van der Waals surface area contributed by atoms with Gasteiger partial charge in [0.1, 0.15) is 6.10 Å². The molecule has 1 saturated heterocycles. The number of hydrogen-bond acceptors (Lipinski definition) is 5. The van der Waals surface area contributed by atoms with Crippen LogP contribution in [-0.2, 0) is 9.53 Å². The number of hydrogen-bond donors (Lipinski definition) is 0. The number of non-ortho nitro benzene ring substituents is 1. The molecule has 1 fully saturated rings. The van der Waals surface area contributed by atoms with Crippen molar-refractivity contribution in [3.8, 4) is 0 Å². The third-order valence-electron chi connectivity index (χ3n) is 4.98. The highest BCUT2D eigenvalue weighted by Gasteiger charge is 2.31. The van der Waals surface area contributed by atoms with Gasteiger partial charge in [0.2, 0.25) is 0 Å². The minimum absolute atomic E-state index is 0.0530. The number of carbonyl (C=O) groups excluding carboxylic acids is 2. The van der Waals surface area contributed by atoms with E-state index in [-0.39, 0.29) is 18.1 Å². The van der Waals surface area contributed by atoms with Crippen LogP contribution in [0.25, 0.3) is 0 Å². The summed E-state index contributed by atoms with van der Waals surface area (Å²) in [5.74, 6) is -0.982. The van der Waals surface area contributed by atoms with Crippen LogP contribution in [0.2, 0.25) is 5.02 Å². The van der Waals surface area contributed by atoms with Crippen LogP contribution in [0, 0.1) is 16.0 Å². The Balaban J connectivity index is 1.63. The van der Waals surface area contributed by atoms with Crippen LogP contribution >= 0.6 is 11.6 Å². The van der Waals surface area contributed by atoms with E-state index in [2.05, 4.69) is 0 Å². The number of ether oxygens (including phenoxy) is 1. The second kappa shape index (κ2) is 9.05. The first kappa shape index (κ1) is 20.8. The zero-order valence-electron chi connectivity index (χ0n) is 15.9. The van der Waals surface area contributed by atoms with Gasteiger partial charge in [0.25, 0.3) is 11.6 Å². The summed E-state index contributed by atoms with van der Waals surface area (Å²) in [6.45, 7) is 2.53. The van der Waals surface area contributed by atoms with E-state index in [1.165, 1.54) is 12.1 Å². The lowest BCUT2D eigenvalue weighted by Gasteiger charge is -2.32. The zero-order valence-corrected chi connectivity index (χ0v) is 16.7. The van der Waals surface area contributed by atoms with Gasteiger partial charge in [0, 0.05) is 35.8 Å². The molecular formula is C21H21ClN2O5. The number of benzene rings is 2. The molecule has 7 nitrogen and oxygen atoms in total. The van der Waals surface area contributed by atoms with E-state index in [1.807, 2.05) is 0 Å². The van der Waals surface area contributed by atoms with Crippen LogP contribution in [0.3, 0.4) is 0 Å². The van der Waals surface area contributed by atoms with Crippen LogP contribution in [-0.4, -0.2) is 34.8 Å². The molecule has 1 amide bonds. The second-order valence-electron chi connectivity index (χ2n) is 7.03. The SMILES string of the molecule is C[C@@H](OC(=O)[C@@H]1CCCN(C(=O)c2ccc(Cl)cc2)C1)c1cccc([N+](=O)[O-])c1. The van der Waals surface area contributed by atoms with Crippen molar-refractivity contribution < 1.29 is 19.2 Å². The summed E-state index contributed by atoms with van der Waals surface area (Å²) < 4.78 is 5.54. The van der Waals surface area contributed by atoms with Gasteiger partial charge in [-0.15, -0.1) is 0 Å². The molecule has 0 radical (unpaired) electrons. The maximum Gasteiger partial charge on any atom is 0.311 e. The molecule has 0 spiro atoms. The van der Waals surface area contributed by atoms with Crippen molar-refractivity contribution >= 4 is 29.2 Å². The van der Waals surface area contributed by atoms with Crippen LogP contribution in [0.4, 0.5) is 5.69 Å². The Hall–Kier alpha value is -2.93. The number of nitro groups is 1. The van der Waals surface area contributed by atoms with Crippen LogP contribution in [0.15, 0.2) is 48.5 Å². The Labute approximate surface area is 173 Å². The fourth-order valence-electron chi connectivity index (χ4n) is 3.36. The molecular weight excluding hydrogens is 396 g/mol. The molecule has 0 unspecified atom stereocenters. The van der Waals surface area contributed by atoms with Crippen molar-refractivity contribution in [1.82, 2.24) is 4.90 Å². The molecule has 2 atom stereocenters. The molecule has 8 heteroatoms. The van der Waals surface area contributed by atoms with Gasteiger partial charge in [0.15, 0.2) is 0 Å². The van der Waals surface area contributed by atoms with E-state index >= 15 is 0 Å². The molecule has 2 aromatic carbocycles. The van der Waals surface area contributed by atoms with Crippen LogP contribution in [0.1, 0.15) is 41.8 Å². The number of nitro benzene ring substituents is 1. The minimum atomic E-state index is -0.621. The summed E-state index contributed by atoms with van der Waals surface area (Å²) in [6.07, 6.45) is 0.708. The molecule has 29 heavy (non-hydrogen) atoms. The summed E-state index contributed by atoms with van der Waals surface area (Å²) in [4.78, 5) is 37.4. The summed E-state index contributed by atoms with van der Waals surface area (Å²) in [7, 11) is 0. The number of nitrogens with zero attached hydrogens (tertiary/aromatic N) is 2. The summed E-state index contributed by atoms with van der Waals surface area (Å²) in [5, 5.41) is 11.5. The smallest absolute Gasteiger partial charge is 0.311 e. The Kier molecular flexibility index (Phi) is 6.49. The first-order chi connectivity index (χ1) is 13.8. The van der Waals surface area contributed by atoms with Crippen molar-refractivity contribution in [3.05, 3.63) is 74.8 Å². The second-order valence-corrected chi connectivity index (χ2v) is 7.46. The van der Waals surface area contributed by atoms with E-state index in [1.54, 1.807) is 48.2 Å². The molecule has 0 N–H and O–H groups in total. The van der Waals surface area contributed by atoms with Crippen molar-refractivity contribution in [1.29, 1.82) is 0 Å². The predicted molar refractivity (Wildman–Crippen MR) is 108 cm³/mol. The summed E-state index contributed by atoms with van der Waals surface area (Å²) in [6, 6.07) is 12.7. The van der Waals surface area contributed by atoms with Gasteiger partial charge >= 0.3 is 5.97 Å². The van der Waals surface area contributed by atoms with Gasteiger partial charge in [-0.05, 0) is 49.6 Å². The average Bonchev–Trinajstić information content (AvgIpc) is 2.74. The van der Waals surface area contributed by atoms with Crippen molar-refractivity contribution in [2.24, 2.45) is 5.92 Å². The molecule has 2 aromatic rings. The lowest BCUT2D eigenvalue weighted by molar-refractivity contribution is -0.385. The van der Waals surface area contributed by atoms with E-state index in [4.69, 9.17) is 16.3 Å². The molecule has 0 aromatic heterocycles. The third kappa shape index (κ3) is 5.12. The number of piperidine rings is 1. The fourth-order valence-corrected chi connectivity index (χ4v) is 3.48. The van der Waals surface area contributed by atoms with E-state index in [0.29, 0.717) is 35.5 Å². The van der Waals surface area contributed by atoms with Gasteiger partial charge in [-0.2, -0.15) is 0 Å². The number of amides is 1. The van der Waals surface area contributed by atoms with E-state index in [0.717, 1.165) is 0 Å². The number of esters is 1. The molecule has 1 aliphatic heterocycles. The largest absolute Gasteiger partial charge is 0.458 e. The molecule has 0 aliphatic carbocycles. The number of likely N-dealkylation sites (tertiary alicyclic amines) is 1. The van der Waals surface area contributed by atoms with Gasteiger partial charge in [-0.25, -0.2) is 0 Å². The Bertz CT molecular complexity index is 916. The molecule has 0 saturated carbocycles. The Morgan fingerprint density at radius 2 is 1.97 bits per heavy atom. The molecule has 3 rings (SSSR count). The van der Waals surface area contributed by atoms with Crippen molar-refractivity contribution in [3.63, 3.8) is 0 Å². The molecule has 1 aliphatic rings. The van der Waals surface area contributed by atoms with Crippen molar-refractivity contribution in [2.45, 2.75) is 25.9 Å². The first-order valence-corrected chi connectivity index (χ1v) is 9.72. The number of carbonyl (C=O) groups is 2. The van der Waals surface area contributed by atoms with E-state index < -0.39 is 22.9 Å². The highest BCUT2D eigenvalue weighted by Crippen LogP contribution is 2.26. The maximum absolute atomic E-state index is 12.7. The summed E-state index contributed by atoms with van der Waals surface area (Å²) >= 11 is 5.87. The lowest BCUT2D eigenvalue weighted by Crippen LogP contribution is -2.42. The highest BCUT2D eigenvalue weighted by atomic mass is 35.5. The number of halogens is 1. The third-order valence-corrected chi connectivity index (χ3v) is 5.23. The maximum atomic E-state index is 12.7. The van der Waals surface area contributed by atoms with Crippen molar-refractivity contribution in [2.75, 3.05) is 13.1 Å². The highest BCUT2D eigenvalue weighted by molar-refractivity contribution is 6.30. The topological polar surface area (TPSA) is 89.8 Å². The first-order valence-electron chi connectivity index (χ1n) is 9.35. The zero-order chi connectivity index (χ0) is 21.0. The molecule has 152 valence electrons. The van der Waals surface area contributed by atoms with Gasteiger partial charge in [0.05, 0.1) is 10.8 Å². The minimum Gasteiger partial charge on any atom is -0.458 e. The Morgan fingerprint density at radius 3 is 2.66 bits per heavy atom. The summed E-state index contributed by atoms with van der Waals surface area (Å²) in [5.41, 5.74) is 1.02. The average molecular weight is 417 g/mol. The lowest BCUT2D eigenvalue weighted by atomic mass is 9.97. The van der Waals surface area contributed by atoms with Crippen LogP contribution in [0.5, 0.6) is 0 Å². The quantitative estimate of drug-likeness (QED) is 0.409. The van der Waals surface area contributed by atoms with Gasteiger partial charge in [-0.1, -0.05) is 23.7 Å². The Morgan fingerprint density at radius 1 is 1.24 bits per heavy atom. The monoisotopic (exact) mass is 416 g/mol. The number of rotatable bonds is 5.